The molecule has 2 rings (SSSR count). The van der Waals surface area contributed by atoms with Crippen molar-refractivity contribution in [2.45, 2.75) is 37.3 Å². The third-order valence-electron chi connectivity index (χ3n) is 2.95. The number of Topliss-reactive ketones (excluding diaryl/α,β-unsaturated/α-hetero) is 1. The second-order valence-corrected chi connectivity index (χ2v) is 6.87. The highest BCUT2D eigenvalue weighted by molar-refractivity contribution is 8.02. The smallest absolute Gasteiger partial charge is 0.175 e. The van der Waals surface area contributed by atoms with Gasteiger partial charge >= 0.3 is 0 Å². The van der Waals surface area contributed by atoms with E-state index in [0.29, 0.717) is 0 Å². The van der Waals surface area contributed by atoms with Gasteiger partial charge in [0.2, 0.25) is 0 Å². The molecule has 2 aromatic rings. The van der Waals surface area contributed by atoms with E-state index in [4.69, 9.17) is 0 Å². The third kappa shape index (κ3) is 3.42. The zero-order chi connectivity index (χ0) is 14.0. The number of hydrogen-bond acceptors (Lipinski definition) is 5. The summed E-state index contributed by atoms with van der Waals surface area (Å²) in [5, 5.41) is -0.144. The van der Waals surface area contributed by atoms with E-state index in [9.17, 15) is 4.79 Å². The van der Waals surface area contributed by atoms with E-state index in [1.54, 1.807) is 0 Å². The van der Waals surface area contributed by atoms with E-state index in [0.717, 1.165) is 21.3 Å². The highest BCUT2D eigenvalue weighted by Gasteiger charge is 2.18. The Morgan fingerprint density at radius 2 is 2.00 bits per heavy atom. The van der Waals surface area contributed by atoms with Crippen LogP contribution in [0.3, 0.4) is 0 Å². The van der Waals surface area contributed by atoms with E-state index in [1.165, 1.54) is 28.9 Å². The lowest BCUT2D eigenvalue weighted by atomic mass is 10.0. The average Bonchev–Trinajstić information content (AvgIpc) is 2.77. The van der Waals surface area contributed by atoms with E-state index >= 15 is 0 Å². The minimum Gasteiger partial charge on any atom is -0.293 e. The van der Waals surface area contributed by atoms with Crippen LogP contribution >= 0.6 is 23.3 Å². The molecule has 1 unspecified atom stereocenters. The lowest BCUT2D eigenvalue weighted by Crippen LogP contribution is -2.13. The maximum absolute atomic E-state index is 12.4. The lowest BCUT2D eigenvalue weighted by Gasteiger charge is -2.09. The van der Waals surface area contributed by atoms with Crippen LogP contribution in [0.1, 0.15) is 34.2 Å². The second-order valence-electron chi connectivity index (χ2n) is 4.53. The Morgan fingerprint density at radius 3 is 2.58 bits per heavy atom. The maximum atomic E-state index is 12.4. The molecule has 0 fully saturated rings. The molecule has 3 nitrogen and oxygen atoms in total. The van der Waals surface area contributed by atoms with E-state index in [1.807, 2.05) is 45.9 Å². The van der Waals surface area contributed by atoms with Gasteiger partial charge in [-0.25, -0.2) is 4.98 Å². The van der Waals surface area contributed by atoms with Crippen molar-refractivity contribution in [3.8, 4) is 0 Å². The van der Waals surface area contributed by atoms with Gasteiger partial charge < -0.3 is 0 Å². The van der Waals surface area contributed by atoms with Crippen molar-refractivity contribution in [3.05, 3.63) is 40.7 Å². The van der Waals surface area contributed by atoms with Crippen molar-refractivity contribution in [1.29, 1.82) is 0 Å². The van der Waals surface area contributed by atoms with Crippen LogP contribution < -0.4 is 0 Å². The first-order valence-electron chi connectivity index (χ1n) is 6.06. The molecule has 0 spiro atoms. The van der Waals surface area contributed by atoms with Crippen LogP contribution in [0.4, 0.5) is 0 Å². The summed E-state index contributed by atoms with van der Waals surface area (Å²) in [6, 6.07) is 5.85. The number of ketones is 1. The first-order valence-corrected chi connectivity index (χ1v) is 7.71. The summed E-state index contributed by atoms with van der Waals surface area (Å²) in [6.07, 6.45) is 0. The predicted octanol–water partition coefficient (Wildman–Crippen LogP) is 3.83. The number of aromatic nitrogens is 2. The molecule has 0 bridgehead atoms. The Labute approximate surface area is 121 Å². The van der Waals surface area contributed by atoms with Gasteiger partial charge in [-0.1, -0.05) is 23.9 Å². The molecule has 0 amide bonds. The fourth-order valence-corrected chi connectivity index (χ4v) is 3.53. The molecule has 0 N–H and O–H groups in total. The molecule has 0 radical (unpaired) electrons. The quantitative estimate of drug-likeness (QED) is 0.634. The summed E-state index contributed by atoms with van der Waals surface area (Å²) in [6.45, 7) is 7.85. The maximum Gasteiger partial charge on any atom is 0.175 e. The van der Waals surface area contributed by atoms with Gasteiger partial charge in [0.05, 0.1) is 5.25 Å². The Bertz CT molecular complexity index is 607. The van der Waals surface area contributed by atoms with Gasteiger partial charge in [-0.05, 0) is 56.4 Å². The second kappa shape index (κ2) is 5.84. The van der Waals surface area contributed by atoms with Crippen molar-refractivity contribution >= 4 is 29.1 Å². The Kier molecular flexibility index (Phi) is 4.37. The summed E-state index contributed by atoms with van der Waals surface area (Å²) < 4.78 is 4.98. The highest BCUT2D eigenvalue weighted by atomic mass is 32.2. The van der Waals surface area contributed by atoms with Crippen molar-refractivity contribution in [3.63, 3.8) is 0 Å². The van der Waals surface area contributed by atoms with Crippen molar-refractivity contribution in [1.82, 2.24) is 9.36 Å². The van der Waals surface area contributed by atoms with Gasteiger partial charge in [0.15, 0.2) is 10.1 Å². The molecule has 100 valence electrons. The first-order chi connectivity index (χ1) is 8.97. The van der Waals surface area contributed by atoms with Crippen LogP contribution in [0.5, 0.6) is 0 Å². The van der Waals surface area contributed by atoms with Crippen LogP contribution in [0.25, 0.3) is 0 Å². The lowest BCUT2D eigenvalue weighted by molar-refractivity contribution is 0.0994. The van der Waals surface area contributed by atoms with Gasteiger partial charge in [0, 0.05) is 5.56 Å². The first kappa shape index (κ1) is 14.2. The molecule has 1 atom stereocenters. The summed E-state index contributed by atoms with van der Waals surface area (Å²) in [5.74, 6) is 0.902. The molecule has 1 aromatic heterocycles. The minimum absolute atomic E-state index is 0.140. The molecule has 5 heteroatoms. The number of hydrogen-bond donors (Lipinski definition) is 0. The molecule has 19 heavy (non-hydrogen) atoms. The van der Waals surface area contributed by atoms with Crippen LogP contribution in [0.15, 0.2) is 22.5 Å². The van der Waals surface area contributed by atoms with Gasteiger partial charge in [-0.15, -0.1) is 0 Å². The Balaban J connectivity index is 2.12. The average molecular weight is 292 g/mol. The molecule has 0 aliphatic carbocycles. The number of thioether (sulfide) groups is 1. The monoisotopic (exact) mass is 292 g/mol. The topological polar surface area (TPSA) is 42.9 Å². The molecule has 0 aliphatic rings. The van der Waals surface area contributed by atoms with Crippen LogP contribution in [0.2, 0.25) is 0 Å². The van der Waals surface area contributed by atoms with Crippen LogP contribution in [-0.4, -0.2) is 20.4 Å². The SMILES string of the molecule is Cc1nsc(SC(C)C(=O)c2ccc(C)c(C)c2)n1. The normalized spacial score (nSPS) is 12.4. The van der Waals surface area contributed by atoms with Crippen molar-refractivity contribution in [2.75, 3.05) is 0 Å². The summed E-state index contributed by atoms with van der Waals surface area (Å²) in [7, 11) is 0. The van der Waals surface area contributed by atoms with E-state index in [-0.39, 0.29) is 11.0 Å². The van der Waals surface area contributed by atoms with Gasteiger partial charge in [-0.2, -0.15) is 4.37 Å². The van der Waals surface area contributed by atoms with Crippen LogP contribution in [-0.2, 0) is 0 Å². The number of aryl methyl sites for hydroxylation is 3. The molecular formula is C14H16N2OS2. The summed E-state index contributed by atoms with van der Waals surface area (Å²) >= 11 is 2.82. The molecule has 1 aromatic carbocycles. The van der Waals surface area contributed by atoms with Crippen molar-refractivity contribution in [2.24, 2.45) is 0 Å². The molecule has 0 aliphatic heterocycles. The van der Waals surface area contributed by atoms with Gasteiger partial charge in [0.1, 0.15) is 5.82 Å². The highest BCUT2D eigenvalue weighted by Crippen LogP contribution is 2.27. The fourth-order valence-electron chi connectivity index (χ4n) is 1.66. The Hall–Kier alpha value is -1.20. The van der Waals surface area contributed by atoms with Gasteiger partial charge in [0.25, 0.3) is 0 Å². The van der Waals surface area contributed by atoms with Crippen LogP contribution in [0, 0.1) is 20.8 Å². The Morgan fingerprint density at radius 1 is 1.26 bits per heavy atom. The number of carbonyl (C=O) groups excluding carboxylic acids is 1. The summed E-state index contributed by atoms with van der Waals surface area (Å²) in [5.41, 5.74) is 3.12. The summed E-state index contributed by atoms with van der Waals surface area (Å²) in [4.78, 5) is 16.6. The zero-order valence-corrected chi connectivity index (χ0v) is 13.1. The fraction of sp³-hybridized carbons (Fsp3) is 0.357. The predicted molar refractivity (Wildman–Crippen MR) is 80.2 cm³/mol. The van der Waals surface area contributed by atoms with Gasteiger partial charge in [-0.3, -0.25) is 4.79 Å². The molecular weight excluding hydrogens is 276 g/mol. The largest absolute Gasteiger partial charge is 0.293 e. The van der Waals surface area contributed by atoms with E-state index < -0.39 is 0 Å². The minimum atomic E-state index is -0.144. The third-order valence-corrected chi connectivity index (χ3v) is 4.92. The van der Waals surface area contributed by atoms with Crippen molar-refractivity contribution < 1.29 is 4.79 Å². The zero-order valence-electron chi connectivity index (χ0n) is 11.4. The number of nitrogens with zero attached hydrogens (tertiary/aromatic N) is 2. The number of rotatable bonds is 4. The molecule has 0 saturated carbocycles. The standard InChI is InChI=1S/C14H16N2OS2/c1-8-5-6-12(7-9(8)2)13(17)10(3)18-14-15-11(4)16-19-14/h5-7,10H,1-4H3. The molecule has 0 saturated heterocycles. The van der Waals surface area contributed by atoms with E-state index in [2.05, 4.69) is 9.36 Å². The molecule has 1 heterocycles. The number of carbonyl (C=O) groups is 1. The number of benzene rings is 1.